The molecule has 1 aliphatic rings. The fourth-order valence-corrected chi connectivity index (χ4v) is 4.18. The minimum atomic E-state index is -1.17. The maximum Gasteiger partial charge on any atom is 0.305 e. The van der Waals surface area contributed by atoms with Gasteiger partial charge in [-0.3, -0.25) is 14.3 Å². The molecular weight excluding hydrogens is 469 g/mol. The van der Waals surface area contributed by atoms with E-state index in [2.05, 4.69) is 26.8 Å². The number of benzene rings is 1. The van der Waals surface area contributed by atoms with Crippen molar-refractivity contribution < 1.29 is 28.9 Å². The molecule has 190 valence electrons. The summed E-state index contributed by atoms with van der Waals surface area (Å²) in [4.78, 5) is 29.1. The van der Waals surface area contributed by atoms with Crippen molar-refractivity contribution >= 4 is 17.7 Å². The lowest BCUT2D eigenvalue weighted by Crippen LogP contribution is -2.30. The topological polar surface area (TPSA) is 139 Å². The van der Waals surface area contributed by atoms with Crippen molar-refractivity contribution in [1.82, 2.24) is 20.1 Å². The van der Waals surface area contributed by atoms with E-state index < -0.39 is 36.8 Å². The lowest BCUT2D eigenvalue weighted by Gasteiger charge is -2.18. The van der Waals surface area contributed by atoms with E-state index >= 15 is 0 Å². The van der Waals surface area contributed by atoms with Crippen molar-refractivity contribution in [3.63, 3.8) is 0 Å². The Morgan fingerprint density at radius 3 is 2.86 bits per heavy atom. The number of nitrogens with zero attached hydrogens (tertiary/aromatic N) is 3. The predicted octanol–water partition coefficient (Wildman–Crippen LogP) is 2.46. The van der Waals surface area contributed by atoms with Gasteiger partial charge in [-0.25, -0.2) is 9.37 Å². The monoisotopic (exact) mass is 497 g/mol. The molecule has 36 heavy (non-hydrogen) atoms. The number of aliphatic hydroxyl groups excluding tert-OH is 1. The first-order valence-corrected chi connectivity index (χ1v) is 11.6. The van der Waals surface area contributed by atoms with E-state index in [1.807, 2.05) is 6.07 Å². The Hall–Kier alpha value is -3.99. The summed E-state index contributed by atoms with van der Waals surface area (Å²) in [6.07, 6.45) is 3.69. The Morgan fingerprint density at radius 2 is 2.14 bits per heavy atom. The van der Waals surface area contributed by atoms with Gasteiger partial charge in [0, 0.05) is 31.4 Å². The number of nitrogens with one attached hydrogen (secondary N) is 2. The van der Waals surface area contributed by atoms with Crippen LogP contribution in [0.25, 0.3) is 0 Å². The molecule has 0 saturated heterocycles. The quantitative estimate of drug-likeness (QED) is 0.335. The van der Waals surface area contributed by atoms with Gasteiger partial charge in [0.25, 0.3) is 5.91 Å². The zero-order chi connectivity index (χ0) is 25.7. The number of rotatable bonds is 10. The number of hydrogen-bond acceptors (Lipinski definition) is 7. The molecule has 0 fully saturated rings. The van der Waals surface area contributed by atoms with E-state index in [0.29, 0.717) is 13.0 Å². The second kappa shape index (κ2) is 11.2. The molecule has 1 atom stereocenters. The third kappa shape index (κ3) is 5.80. The molecule has 1 aromatic carbocycles. The number of aromatic nitrogens is 3. The summed E-state index contributed by atoms with van der Waals surface area (Å²) in [7, 11) is 1.32. The van der Waals surface area contributed by atoms with Crippen LogP contribution in [0.5, 0.6) is 5.75 Å². The number of carbonyl (C=O) groups is 2. The largest absolute Gasteiger partial charge is 0.494 e. The Labute approximate surface area is 207 Å². The minimum absolute atomic E-state index is 0.00666. The summed E-state index contributed by atoms with van der Waals surface area (Å²) in [5.41, 5.74) is 2.61. The number of carboxylic acids is 1. The predicted molar refractivity (Wildman–Crippen MR) is 128 cm³/mol. The van der Waals surface area contributed by atoms with Crippen molar-refractivity contribution in [2.75, 3.05) is 19.0 Å². The van der Waals surface area contributed by atoms with Crippen LogP contribution in [0.1, 0.15) is 51.8 Å². The molecule has 2 aromatic heterocycles. The molecule has 4 N–H and O–H groups in total. The summed E-state index contributed by atoms with van der Waals surface area (Å²) < 4.78 is 20.7. The normalized spacial score (nSPS) is 13.4. The molecule has 0 unspecified atom stereocenters. The summed E-state index contributed by atoms with van der Waals surface area (Å²) >= 11 is 0. The molecule has 0 bridgehead atoms. The van der Waals surface area contributed by atoms with Gasteiger partial charge in [-0.2, -0.15) is 5.10 Å². The molecule has 3 heterocycles. The van der Waals surface area contributed by atoms with Gasteiger partial charge in [-0.15, -0.1) is 0 Å². The number of amides is 1. The average Bonchev–Trinajstić information content (AvgIpc) is 3.30. The number of halogens is 1. The number of aliphatic hydroxyl groups is 1. The van der Waals surface area contributed by atoms with E-state index in [4.69, 9.17) is 4.74 Å². The van der Waals surface area contributed by atoms with Crippen molar-refractivity contribution in [3.05, 3.63) is 70.4 Å². The first kappa shape index (κ1) is 25.1. The Kier molecular flexibility index (Phi) is 7.79. The lowest BCUT2D eigenvalue weighted by molar-refractivity contribution is -0.137. The maximum atomic E-state index is 14.2. The highest BCUT2D eigenvalue weighted by atomic mass is 19.1. The third-order valence-electron chi connectivity index (χ3n) is 6.04. The zero-order valence-electron chi connectivity index (χ0n) is 19.8. The van der Waals surface area contributed by atoms with Gasteiger partial charge < -0.3 is 25.6 Å². The molecular formula is C25H28FN5O5. The van der Waals surface area contributed by atoms with Crippen LogP contribution in [0, 0.1) is 5.82 Å². The SMILES string of the molecule is COc1ccc([C@H](CC(=O)O)NC(=O)c2cn(CCc3ccc4c(n3)NCCC4)nc2CO)cc1F. The van der Waals surface area contributed by atoms with Crippen molar-refractivity contribution in [3.8, 4) is 5.75 Å². The smallest absolute Gasteiger partial charge is 0.305 e. The Morgan fingerprint density at radius 1 is 1.31 bits per heavy atom. The fraction of sp³-hybridized carbons (Fsp3) is 0.360. The fourth-order valence-electron chi connectivity index (χ4n) is 4.18. The van der Waals surface area contributed by atoms with E-state index in [0.717, 1.165) is 37.0 Å². The molecule has 10 nitrogen and oxygen atoms in total. The summed E-state index contributed by atoms with van der Waals surface area (Å²) in [6, 6.07) is 7.02. The number of ether oxygens (including phenoxy) is 1. The summed E-state index contributed by atoms with van der Waals surface area (Å²) in [5.74, 6) is -1.55. The minimum Gasteiger partial charge on any atom is -0.494 e. The molecule has 1 aliphatic heterocycles. The Balaban J connectivity index is 1.48. The second-order valence-electron chi connectivity index (χ2n) is 8.52. The van der Waals surface area contributed by atoms with Crippen LogP contribution in [0.3, 0.4) is 0 Å². The lowest BCUT2D eigenvalue weighted by atomic mass is 10.0. The standard InChI is InChI=1S/C25H28FN5O5/c1-36-22-7-5-16(11-19(22)26)20(12-23(33)34)29-25(35)18-13-31(30-21(18)14-32)10-8-17-6-4-15-3-2-9-27-24(15)28-17/h4-7,11,13,20,32H,2-3,8-10,12,14H2,1H3,(H,27,28)(H,29,35)(H,33,34)/t20-/m0/s1. The van der Waals surface area contributed by atoms with Crippen LogP contribution < -0.4 is 15.4 Å². The number of aryl methyl sites for hydroxylation is 3. The molecule has 1 amide bonds. The van der Waals surface area contributed by atoms with Gasteiger partial charge in [-0.1, -0.05) is 12.1 Å². The zero-order valence-corrected chi connectivity index (χ0v) is 19.8. The van der Waals surface area contributed by atoms with Gasteiger partial charge in [-0.05, 0) is 42.2 Å². The van der Waals surface area contributed by atoms with E-state index in [-0.39, 0.29) is 22.6 Å². The van der Waals surface area contributed by atoms with Gasteiger partial charge in [0.2, 0.25) is 0 Å². The highest BCUT2D eigenvalue weighted by molar-refractivity contribution is 5.95. The number of aliphatic carboxylic acids is 1. The Bertz CT molecular complexity index is 1260. The van der Waals surface area contributed by atoms with Crippen molar-refractivity contribution in [1.29, 1.82) is 0 Å². The van der Waals surface area contributed by atoms with Crippen molar-refractivity contribution in [2.45, 2.75) is 44.9 Å². The first-order valence-electron chi connectivity index (χ1n) is 11.6. The number of fused-ring (bicyclic) bond motifs is 1. The number of hydrogen-bond donors (Lipinski definition) is 4. The van der Waals surface area contributed by atoms with Crippen LogP contribution in [0.15, 0.2) is 36.5 Å². The maximum absolute atomic E-state index is 14.2. The highest BCUT2D eigenvalue weighted by Gasteiger charge is 2.23. The van der Waals surface area contributed by atoms with E-state index in [1.54, 1.807) is 4.68 Å². The molecule has 11 heteroatoms. The van der Waals surface area contributed by atoms with Gasteiger partial charge >= 0.3 is 5.97 Å². The van der Waals surface area contributed by atoms with Gasteiger partial charge in [0.05, 0.1) is 31.7 Å². The number of methoxy groups -OCH3 is 1. The van der Waals surface area contributed by atoms with Crippen LogP contribution in [0.4, 0.5) is 10.2 Å². The third-order valence-corrected chi connectivity index (χ3v) is 6.04. The number of anilines is 1. The average molecular weight is 498 g/mol. The first-order chi connectivity index (χ1) is 17.4. The van der Waals surface area contributed by atoms with Crippen LogP contribution >= 0.6 is 0 Å². The van der Waals surface area contributed by atoms with E-state index in [9.17, 15) is 24.2 Å². The molecule has 4 rings (SSSR count). The van der Waals surface area contributed by atoms with Gasteiger partial charge in [0.15, 0.2) is 11.6 Å². The molecule has 3 aromatic rings. The summed E-state index contributed by atoms with van der Waals surface area (Å²) in [5, 5.41) is 29.3. The van der Waals surface area contributed by atoms with Crippen LogP contribution in [0.2, 0.25) is 0 Å². The molecule has 0 radical (unpaired) electrons. The molecule has 0 saturated carbocycles. The van der Waals surface area contributed by atoms with E-state index in [1.165, 1.54) is 31.0 Å². The van der Waals surface area contributed by atoms with Gasteiger partial charge in [0.1, 0.15) is 11.5 Å². The number of pyridine rings is 1. The molecule has 0 aliphatic carbocycles. The van der Waals surface area contributed by atoms with Crippen LogP contribution in [-0.2, 0) is 30.8 Å². The van der Waals surface area contributed by atoms with Crippen LogP contribution in [-0.4, -0.2) is 50.5 Å². The van der Waals surface area contributed by atoms with Crippen molar-refractivity contribution in [2.24, 2.45) is 0 Å². The number of carbonyl (C=O) groups excluding carboxylic acids is 1. The second-order valence-corrected chi connectivity index (χ2v) is 8.52. The highest BCUT2D eigenvalue weighted by Crippen LogP contribution is 2.25. The molecule has 0 spiro atoms. The number of carboxylic acid groups (broad SMARTS) is 1. The summed E-state index contributed by atoms with van der Waals surface area (Å²) in [6.45, 7) is 0.846.